The van der Waals surface area contributed by atoms with Crippen molar-refractivity contribution in [1.82, 2.24) is 9.97 Å². The number of para-hydroxylation sites is 5. The largest absolute Gasteiger partial charge is 0.455 e. The zero-order valence-electron chi connectivity index (χ0n) is 21.0. The third-order valence-electron chi connectivity index (χ3n) is 8.18. The van der Waals surface area contributed by atoms with Gasteiger partial charge in [0.2, 0.25) is 0 Å². The number of nitrogens with one attached hydrogen (secondary N) is 2. The predicted molar refractivity (Wildman–Crippen MR) is 163 cm³/mol. The van der Waals surface area contributed by atoms with Crippen molar-refractivity contribution < 1.29 is 4.42 Å². The molecule has 6 aromatic carbocycles. The van der Waals surface area contributed by atoms with Crippen LogP contribution >= 0.6 is 0 Å². The molecule has 3 heterocycles. The highest BCUT2D eigenvalue weighted by Gasteiger charge is 2.17. The molecule has 9 aromatic rings. The molecule has 0 aliphatic rings. The summed E-state index contributed by atoms with van der Waals surface area (Å²) in [5, 5.41) is 7.21. The summed E-state index contributed by atoms with van der Waals surface area (Å²) in [4.78, 5) is 7.30. The van der Waals surface area contributed by atoms with Gasteiger partial charge < -0.3 is 14.4 Å². The minimum Gasteiger partial charge on any atom is -0.455 e. The molecule has 0 amide bonds. The highest BCUT2D eigenvalue weighted by molar-refractivity contribution is 6.17. The molecule has 0 fully saturated rings. The average molecular weight is 499 g/mol. The van der Waals surface area contributed by atoms with Crippen molar-refractivity contribution in [3.05, 3.63) is 121 Å². The molecule has 0 radical (unpaired) electrons. The van der Waals surface area contributed by atoms with Crippen molar-refractivity contribution in [3.63, 3.8) is 0 Å². The van der Waals surface area contributed by atoms with Gasteiger partial charge in [-0.2, -0.15) is 0 Å². The Kier molecular flexibility index (Phi) is 4.05. The van der Waals surface area contributed by atoms with E-state index < -0.39 is 0 Å². The van der Waals surface area contributed by atoms with Gasteiger partial charge in [0, 0.05) is 60.0 Å². The predicted octanol–water partition coefficient (Wildman–Crippen LogP) is 10.2. The van der Waals surface area contributed by atoms with E-state index in [4.69, 9.17) is 4.42 Å². The van der Waals surface area contributed by atoms with Crippen LogP contribution in [-0.2, 0) is 0 Å². The van der Waals surface area contributed by atoms with Crippen LogP contribution in [0.2, 0.25) is 0 Å². The van der Waals surface area contributed by atoms with Crippen molar-refractivity contribution in [1.29, 1.82) is 0 Å². The summed E-state index contributed by atoms with van der Waals surface area (Å²) >= 11 is 0. The Balaban J connectivity index is 1.27. The van der Waals surface area contributed by atoms with E-state index >= 15 is 0 Å². The Bertz CT molecular complexity index is 2400. The first-order valence-corrected chi connectivity index (χ1v) is 13.3. The van der Waals surface area contributed by atoms with Crippen LogP contribution in [0.4, 0.5) is 0 Å². The average Bonchev–Trinajstić information content (AvgIpc) is 3.67. The number of hydrogen-bond donors (Lipinski definition) is 2. The molecule has 0 unspecified atom stereocenters. The van der Waals surface area contributed by atoms with Crippen LogP contribution in [0.5, 0.6) is 0 Å². The van der Waals surface area contributed by atoms with Gasteiger partial charge in [-0.1, -0.05) is 97.1 Å². The first kappa shape index (κ1) is 20.7. The van der Waals surface area contributed by atoms with Gasteiger partial charge in [-0.05, 0) is 29.8 Å². The number of hydrogen-bond acceptors (Lipinski definition) is 1. The van der Waals surface area contributed by atoms with Crippen LogP contribution in [0.3, 0.4) is 0 Å². The van der Waals surface area contributed by atoms with E-state index in [-0.39, 0.29) is 0 Å². The second kappa shape index (κ2) is 7.62. The maximum absolute atomic E-state index is 6.67. The van der Waals surface area contributed by atoms with E-state index in [0.717, 1.165) is 60.7 Å². The summed E-state index contributed by atoms with van der Waals surface area (Å²) in [6, 6.07) is 43.0. The Morgan fingerprint density at radius 3 is 1.69 bits per heavy atom. The van der Waals surface area contributed by atoms with Crippen molar-refractivity contribution in [3.8, 4) is 22.3 Å². The summed E-state index contributed by atoms with van der Waals surface area (Å²) < 4.78 is 6.67. The van der Waals surface area contributed by atoms with Gasteiger partial charge in [0.15, 0.2) is 0 Å². The first-order valence-electron chi connectivity index (χ1n) is 13.3. The molecule has 0 bridgehead atoms. The van der Waals surface area contributed by atoms with Crippen LogP contribution in [0.1, 0.15) is 0 Å². The molecule has 3 aromatic heterocycles. The number of H-pyrrole nitrogens is 2. The molecule has 0 aliphatic heterocycles. The van der Waals surface area contributed by atoms with Crippen LogP contribution < -0.4 is 0 Å². The number of benzene rings is 6. The zero-order chi connectivity index (χ0) is 25.5. The molecule has 9 rings (SSSR count). The standard InChI is InChI=1S/C36H22N2O/c1-3-16-31-23(8-1)26-11-5-10-22(34(26)37-31)21-18-19-25-29-14-7-15-30(36(29)39-33(25)20-21)28-13-6-12-27-24-9-2-4-17-32(24)38-35(27)28/h1-20,37-38H. The molecule has 0 spiro atoms. The number of rotatable bonds is 2. The fourth-order valence-corrected chi connectivity index (χ4v) is 6.39. The molecule has 0 atom stereocenters. The Labute approximate surface area is 223 Å². The zero-order valence-corrected chi connectivity index (χ0v) is 21.0. The minimum atomic E-state index is 0.895. The molecule has 0 saturated carbocycles. The van der Waals surface area contributed by atoms with E-state index in [1.54, 1.807) is 0 Å². The fraction of sp³-hybridized carbons (Fsp3) is 0. The molecular formula is C36H22N2O. The highest BCUT2D eigenvalue weighted by atomic mass is 16.3. The first-order chi connectivity index (χ1) is 19.3. The minimum absolute atomic E-state index is 0.895. The maximum atomic E-state index is 6.67. The topological polar surface area (TPSA) is 44.7 Å². The normalized spacial score (nSPS) is 12.1. The summed E-state index contributed by atoms with van der Waals surface area (Å²) in [5.41, 5.74) is 11.0. The van der Waals surface area contributed by atoms with Gasteiger partial charge in [0.25, 0.3) is 0 Å². The van der Waals surface area contributed by atoms with Gasteiger partial charge in [-0.25, -0.2) is 0 Å². The van der Waals surface area contributed by atoms with Crippen LogP contribution in [-0.4, -0.2) is 9.97 Å². The van der Waals surface area contributed by atoms with Gasteiger partial charge in [-0.3, -0.25) is 0 Å². The van der Waals surface area contributed by atoms with Crippen molar-refractivity contribution >= 4 is 65.6 Å². The van der Waals surface area contributed by atoms with Crippen molar-refractivity contribution in [2.75, 3.05) is 0 Å². The van der Waals surface area contributed by atoms with Gasteiger partial charge in [0.1, 0.15) is 11.2 Å². The molecule has 0 saturated heterocycles. The SMILES string of the molecule is c1ccc2c(c1)[nH]c1c(-c3ccc4c(c3)oc3c(-c5cccc6c5[nH]c5ccccc56)cccc34)cccc12. The van der Waals surface area contributed by atoms with E-state index in [1.807, 2.05) is 0 Å². The Morgan fingerprint density at radius 1 is 0.410 bits per heavy atom. The number of aromatic amines is 2. The quantitative estimate of drug-likeness (QED) is 0.245. The molecule has 39 heavy (non-hydrogen) atoms. The Hall–Kier alpha value is -5.28. The van der Waals surface area contributed by atoms with Gasteiger partial charge >= 0.3 is 0 Å². The third-order valence-corrected chi connectivity index (χ3v) is 8.18. The monoisotopic (exact) mass is 498 g/mol. The van der Waals surface area contributed by atoms with E-state index in [1.165, 1.54) is 27.1 Å². The molecule has 0 aliphatic carbocycles. The van der Waals surface area contributed by atoms with Crippen molar-refractivity contribution in [2.24, 2.45) is 0 Å². The lowest BCUT2D eigenvalue weighted by Gasteiger charge is -2.05. The van der Waals surface area contributed by atoms with E-state index in [0.29, 0.717) is 0 Å². The Morgan fingerprint density at radius 2 is 0.974 bits per heavy atom. The molecule has 3 heteroatoms. The van der Waals surface area contributed by atoms with Crippen LogP contribution in [0, 0.1) is 0 Å². The number of fused-ring (bicyclic) bond motifs is 9. The second-order valence-electron chi connectivity index (χ2n) is 10.3. The maximum Gasteiger partial charge on any atom is 0.143 e. The van der Waals surface area contributed by atoms with Crippen LogP contribution in [0.25, 0.3) is 87.8 Å². The summed E-state index contributed by atoms with van der Waals surface area (Å²) in [5.74, 6) is 0. The highest BCUT2D eigenvalue weighted by Crippen LogP contribution is 2.41. The van der Waals surface area contributed by atoms with Crippen molar-refractivity contribution in [2.45, 2.75) is 0 Å². The molecule has 3 nitrogen and oxygen atoms in total. The molecule has 2 N–H and O–H groups in total. The van der Waals surface area contributed by atoms with Gasteiger partial charge in [-0.15, -0.1) is 0 Å². The van der Waals surface area contributed by atoms with E-state index in [2.05, 4.69) is 131 Å². The smallest absolute Gasteiger partial charge is 0.143 e. The molecular weight excluding hydrogens is 476 g/mol. The third kappa shape index (κ3) is 2.87. The summed E-state index contributed by atoms with van der Waals surface area (Å²) in [6.45, 7) is 0. The second-order valence-corrected chi connectivity index (χ2v) is 10.3. The number of furan rings is 1. The summed E-state index contributed by atoms with van der Waals surface area (Å²) in [6.07, 6.45) is 0. The lowest BCUT2D eigenvalue weighted by Crippen LogP contribution is -1.81. The van der Waals surface area contributed by atoms with E-state index in [9.17, 15) is 0 Å². The van der Waals surface area contributed by atoms with Gasteiger partial charge in [0.05, 0.1) is 11.0 Å². The molecule has 182 valence electrons. The lowest BCUT2D eigenvalue weighted by atomic mass is 9.98. The fourth-order valence-electron chi connectivity index (χ4n) is 6.39. The van der Waals surface area contributed by atoms with Crippen LogP contribution in [0.15, 0.2) is 126 Å². The summed E-state index contributed by atoms with van der Waals surface area (Å²) in [7, 11) is 0. The lowest BCUT2D eigenvalue weighted by molar-refractivity contribution is 0.670. The number of aromatic nitrogens is 2.